The van der Waals surface area contributed by atoms with Crippen LogP contribution in [0.25, 0.3) is 0 Å². The Bertz CT molecular complexity index is 1200. The molecule has 50 heavy (non-hydrogen) atoms. The second kappa shape index (κ2) is 21.2. The minimum Gasteiger partial charge on any atom is -0.481 e. The van der Waals surface area contributed by atoms with E-state index in [1.807, 2.05) is 77.2 Å². The molecule has 1 spiro atoms. The minimum atomic E-state index is -1.30. The van der Waals surface area contributed by atoms with Crippen LogP contribution in [-0.4, -0.2) is 89.1 Å². The number of carbonyl (C=O) groups is 1. The van der Waals surface area contributed by atoms with Gasteiger partial charge in [0.05, 0.1) is 43.0 Å². The van der Waals surface area contributed by atoms with Crippen LogP contribution in [0.4, 0.5) is 0 Å². The lowest BCUT2D eigenvalue weighted by Gasteiger charge is -2.56. The Kier molecular flexibility index (Phi) is 18.6. The number of methoxy groups -OCH3 is 2. The third-order valence-electron chi connectivity index (χ3n) is 10.8. The molecule has 14 atom stereocenters. The van der Waals surface area contributed by atoms with Gasteiger partial charge in [0.2, 0.25) is 0 Å². The molecule has 9 heteroatoms. The first kappa shape index (κ1) is 43.8. The van der Waals surface area contributed by atoms with Crippen molar-refractivity contribution in [2.45, 2.75) is 130 Å². The van der Waals surface area contributed by atoms with E-state index >= 15 is 0 Å². The number of hydrogen-bond donors (Lipinski definition) is 4. The SMILES string of the molecule is C/C=C(\C)C[C@H](C)[C@H](O)[C@@H](C)[C@H]1O[C@@]2(C[C@@H](OC)[C@H]1C)O[C@H]([C@@H](C)[C@@H](O)[C@@H](C)\C=C/C=C/C=C\C=C\C=C/[C@H](CC(=O)O)OC)[C@@H](C)C[C@@H]2O. The lowest BCUT2D eigenvalue weighted by molar-refractivity contribution is -0.391. The standard InChI is InChI=1S/C41H66O9/c1-11-26(2)22-28(4)38(46)32(8)40-30(6)34(48-10)25-41(50-40)35(42)23-29(5)39(49-41)31(7)37(45)27(3)20-18-16-14-12-13-15-17-19-21-33(47-9)24-36(43)44/h11-21,27-35,37-40,42,45-46H,22-25H2,1-10H3,(H,43,44)/b13-12-,16-14+,17-15+,20-18-,21-19-,26-11+/t27-,28-,29-,30+,31-,32+,33+,34+,35-,37-,38-,39-,40-,41+/m0/s1. The highest BCUT2D eigenvalue weighted by Crippen LogP contribution is 2.47. The molecule has 0 saturated carbocycles. The van der Waals surface area contributed by atoms with Gasteiger partial charge in [0.25, 0.3) is 0 Å². The molecule has 284 valence electrons. The number of hydrogen-bond acceptors (Lipinski definition) is 8. The van der Waals surface area contributed by atoms with E-state index in [0.717, 1.165) is 6.42 Å². The van der Waals surface area contributed by atoms with E-state index < -0.39 is 42.3 Å². The van der Waals surface area contributed by atoms with Crippen LogP contribution in [0.5, 0.6) is 0 Å². The number of aliphatic carboxylic acids is 1. The normalized spacial score (nSPS) is 32.7. The molecular weight excluding hydrogens is 636 g/mol. The quantitative estimate of drug-likeness (QED) is 0.0899. The molecule has 2 aliphatic rings. The molecule has 2 fully saturated rings. The maximum Gasteiger partial charge on any atom is 0.306 e. The summed E-state index contributed by atoms with van der Waals surface area (Å²) in [5, 5.41) is 43.3. The van der Waals surface area contributed by atoms with Gasteiger partial charge in [-0.15, -0.1) is 0 Å². The van der Waals surface area contributed by atoms with Gasteiger partial charge in [-0.1, -0.05) is 114 Å². The number of allylic oxidation sites excluding steroid dienone is 10. The fraction of sp³-hybridized carbons (Fsp3) is 0.683. The van der Waals surface area contributed by atoms with Gasteiger partial charge in [0.1, 0.15) is 6.10 Å². The van der Waals surface area contributed by atoms with Gasteiger partial charge in [-0.2, -0.15) is 0 Å². The Morgan fingerprint density at radius 3 is 1.94 bits per heavy atom. The molecule has 2 heterocycles. The molecule has 0 amide bonds. The van der Waals surface area contributed by atoms with Crippen molar-refractivity contribution in [3.63, 3.8) is 0 Å². The monoisotopic (exact) mass is 702 g/mol. The summed E-state index contributed by atoms with van der Waals surface area (Å²) in [5.41, 5.74) is 1.23. The average Bonchev–Trinajstić information content (AvgIpc) is 3.09. The second-order valence-electron chi connectivity index (χ2n) is 14.7. The summed E-state index contributed by atoms with van der Waals surface area (Å²) in [7, 11) is 3.16. The van der Waals surface area contributed by atoms with Crippen molar-refractivity contribution in [1.29, 1.82) is 0 Å². The van der Waals surface area contributed by atoms with Crippen molar-refractivity contribution in [1.82, 2.24) is 0 Å². The van der Waals surface area contributed by atoms with E-state index in [1.54, 1.807) is 25.3 Å². The zero-order valence-electron chi connectivity index (χ0n) is 32.0. The molecule has 0 bridgehead atoms. The summed E-state index contributed by atoms with van der Waals surface area (Å²) in [5.74, 6) is -2.87. The summed E-state index contributed by atoms with van der Waals surface area (Å²) < 4.78 is 24.6. The number of rotatable bonds is 18. The molecule has 2 rings (SSSR count). The van der Waals surface area contributed by atoms with Crippen molar-refractivity contribution in [3.8, 4) is 0 Å². The van der Waals surface area contributed by atoms with Crippen LogP contribution in [0.15, 0.2) is 72.4 Å². The predicted molar refractivity (Wildman–Crippen MR) is 198 cm³/mol. The molecular formula is C41H66O9. The van der Waals surface area contributed by atoms with Crippen molar-refractivity contribution in [2.75, 3.05) is 14.2 Å². The van der Waals surface area contributed by atoms with Gasteiger partial charge in [-0.3, -0.25) is 4.79 Å². The molecule has 2 saturated heterocycles. The first-order valence-electron chi connectivity index (χ1n) is 18.3. The van der Waals surface area contributed by atoms with Gasteiger partial charge in [-0.05, 0) is 38.5 Å². The van der Waals surface area contributed by atoms with Crippen LogP contribution in [0, 0.1) is 35.5 Å². The van der Waals surface area contributed by atoms with Gasteiger partial charge in [0, 0.05) is 44.3 Å². The number of ether oxygens (including phenoxy) is 4. The number of aliphatic hydroxyl groups excluding tert-OH is 3. The highest BCUT2D eigenvalue weighted by atomic mass is 16.7. The zero-order valence-corrected chi connectivity index (χ0v) is 32.0. The highest BCUT2D eigenvalue weighted by molar-refractivity contribution is 5.67. The van der Waals surface area contributed by atoms with Crippen LogP contribution < -0.4 is 0 Å². The number of carboxylic acids is 1. The molecule has 0 radical (unpaired) electrons. The molecule has 0 aromatic heterocycles. The summed E-state index contributed by atoms with van der Waals surface area (Å²) in [6.07, 6.45) is 18.4. The fourth-order valence-corrected chi connectivity index (χ4v) is 7.42. The maximum atomic E-state index is 11.5. The number of carboxylic acid groups (broad SMARTS) is 1. The van der Waals surface area contributed by atoms with Crippen molar-refractivity contribution in [2.24, 2.45) is 35.5 Å². The fourth-order valence-electron chi connectivity index (χ4n) is 7.42. The Labute approximate surface area is 301 Å². The molecule has 0 aliphatic carbocycles. The van der Waals surface area contributed by atoms with E-state index in [2.05, 4.69) is 26.8 Å². The maximum absolute atomic E-state index is 11.5. The second-order valence-corrected chi connectivity index (χ2v) is 14.7. The summed E-state index contributed by atoms with van der Waals surface area (Å²) in [6, 6.07) is 0. The number of aliphatic hydroxyl groups is 3. The van der Waals surface area contributed by atoms with Gasteiger partial charge >= 0.3 is 5.97 Å². The van der Waals surface area contributed by atoms with Gasteiger partial charge in [-0.25, -0.2) is 0 Å². The van der Waals surface area contributed by atoms with Crippen molar-refractivity contribution in [3.05, 3.63) is 72.4 Å². The van der Waals surface area contributed by atoms with E-state index in [-0.39, 0.29) is 54.1 Å². The molecule has 2 aliphatic heterocycles. The van der Waals surface area contributed by atoms with Gasteiger partial charge in [0.15, 0.2) is 5.79 Å². The largest absolute Gasteiger partial charge is 0.481 e. The topological polar surface area (TPSA) is 135 Å². The van der Waals surface area contributed by atoms with Crippen LogP contribution in [0.2, 0.25) is 0 Å². The van der Waals surface area contributed by atoms with E-state index in [0.29, 0.717) is 12.8 Å². The molecule has 9 nitrogen and oxygen atoms in total. The minimum absolute atomic E-state index is 0.0174. The zero-order chi connectivity index (χ0) is 37.6. The third kappa shape index (κ3) is 12.4. The first-order chi connectivity index (χ1) is 23.6. The van der Waals surface area contributed by atoms with Crippen molar-refractivity contribution >= 4 is 5.97 Å². The first-order valence-corrected chi connectivity index (χ1v) is 18.3. The molecule has 0 aromatic rings. The molecule has 0 unspecified atom stereocenters. The van der Waals surface area contributed by atoms with Gasteiger partial charge < -0.3 is 39.4 Å². The Morgan fingerprint density at radius 2 is 1.40 bits per heavy atom. The molecule has 4 N–H and O–H groups in total. The summed E-state index contributed by atoms with van der Waals surface area (Å²) in [4.78, 5) is 10.8. The third-order valence-corrected chi connectivity index (χ3v) is 10.8. The predicted octanol–water partition coefficient (Wildman–Crippen LogP) is 6.80. The van der Waals surface area contributed by atoms with Crippen LogP contribution in [0.3, 0.4) is 0 Å². The lowest BCUT2D eigenvalue weighted by Crippen LogP contribution is -2.65. The smallest absolute Gasteiger partial charge is 0.306 e. The van der Waals surface area contributed by atoms with E-state index in [1.165, 1.54) is 12.7 Å². The van der Waals surface area contributed by atoms with Crippen LogP contribution >= 0.6 is 0 Å². The highest BCUT2D eigenvalue weighted by Gasteiger charge is 2.57. The lowest BCUT2D eigenvalue weighted by atomic mass is 9.74. The molecule has 0 aromatic carbocycles. The van der Waals surface area contributed by atoms with Crippen LogP contribution in [-0.2, 0) is 23.7 Å². The van der Waals surface area contributed by atoms with Crippen LogP contribution in [0.1, 0.15) is 81.1 Å². The summed E-state index contributed by atoms with van der Waals surface area (Å²) in [6.45, 7) is 16.2. The van der Waals surface area contributed by atoms with Crippen molar-refractivity contribution < 1.29 is 44.2 Å². The Hall–Kier alpha value is -2.37. The Morgan fingerprint density at radius 1 is 0.860 bits per heavy atom. The average molecular weight is 703 g/mol. The van der Waals surface area contributed by atoms with E-state index in [9.17, 15) is 20.1 Å². The van der Waals surface area contributed by atoms with E-state index in [4.69, 9.17) is 24.1 Å². The summed E-state index contributed by atoms with van der Waals surface area (Å²) >= 11 is 0. The Balaban J connectivity index is 2.10.